The Balaban J connectivity index is 2.38. The molecule has 2 heterocycles. The van der Waals surface area contributed by atoms with Crippen molar-refractivity contribution in [2.24, 2.45) is 5.73 Å². The minimum atomic E-state index is -0.439. The van der Waals surface area contributed by atoms with Crippen molar-refractivity contribution in [3.05, 3.63) is 28.4 Å². The van der Waals surface area contributed by atoms with E-state index >= 15 is 0 Å². The molecule has 6 heteroatoms. The van der Waals surface area contributed by atoms with Crippen molar-refractivity contribution in [1.29, 1.82) is 0 Å². The van der Waals surface area contributed by atoms with Crippen LogP contribution >= 0.6 is 0 Å². The fourth-order valence-corrected chi connectivity index (χ4v) is 2.49. The van der Waals surface area contributed by atoms with E-state index in [4.69, 9.17) is 20.8 Å². The van der Waals surface area contributed by atoms with Crippen molar-refractivity contribution in [1.82, 2.24) is 4.98 Å². The van der Waals surface area contributed by atoms with Gasteiger partial charge in [0.25, 0.3) is 0 Å². The van der Waals surface area contributed by atoms with Crippen molar-refractivity contribution in [2.75, 3.05) is 12.3 Å². The van der Waals surface area contributed by atoms with Crippen LogP contribution in [0.3, 0.4) is 0 Å². The van der Waals surface area contributed by atoms with Crippen LogP contribution in [-0.4, -0.2) is 29.8 Å². The number of nitrogens with two attached hydrogens (primary N) is 2. The molecule has 0 aromatic carbocycles. The molecule has 5 nitrogen and oxygen atoms in total. The van der Waals surface area contributed by atoms with Gasteiger partial charge in [-0.1, -0.05) is 6.08 Å². The van der Waals surface area contributed by atoms with Crippen LogP contribution in [0.1, 0.15) is 44.5 Å². The molecule has 0 unspecified atom stereocenters. The SMILES string of the molecule is Cc1cc(N)nc(C)c1C=C(CN)B1OC(C)(C)C(C)(C)O1. The molecule has 0 atom stereocenters. The maximum atomic E-state index is 6.08. The highest BCUT2D eigenvalue weighted by molar-refractivity contribution is 6.55. The molecule has 4 N–H and O–H groups in total. The highest BCUT2D eigenvalue weighted by Crippen LogP contribution is 2.38. The summed E-state index contributed by atoms with van der Waals surface area (Å²) >= 11 is 0. The highest BCUT2D eigenvalue weighted by atomic mass is 16.7. The van der Waals surface area contributed by atoms with Gasteiger partial charge >= 0.3 is 7.12 Å². The Bertz CT molecular complexity index is 572. The van der Waals surface area contributed by atoms with Crippen molar-refractivity contribution in [2.45, 2.75) is 52.7 Å². The molecule has 22 heavy (non-hydrogen) atoms. The van der Waals surface area contributed by atoms with Crippen LogP contribution in [0.5, 0.6) is 0 Å². The average Bonchev–Trinajstić information content (AvgIpc) is 2.57. The first-order valence-corrected chi connectivity index (χ1v) is 7.57. The number of pyridine rings is 1. The monoisotopic (exact) mass is 303 g/mol. The van der Waals surface area contributed by atoms with Gasteiger partial charge in [0.2, 0.25) is 0 Å². The standard InChI is InChI=1S/C16H26BN3O2/c1-10-7-14(19)20-11(2)13(10)8-12(9-18)17-21-15(3,4)16(5,6)22-17/h7-8H,9,18H2,1-6H3,(H2,19,20). The summed E-state index contributed by atoms with van der Waals surface area (Å²) in [5, 5.41) is 0. The zero-order chi connectivity index (χ0) is 16.7. The van der Waals surface area contributed by atoms with Crippen LogP contribution in [0, 0.1) is 13.8 Å². The lowest BCUT2D eigenvalue weighted by Crippen LogP contribution is -2.41. The van der Waals surface area contributed by atoms with Gasteiger partial charge < -0.3 is 20.8 Å². The molecule has 0 radical (unpaired) electrons. The van der Waals surface area contributed by atoms with Gasteiger partial charge in [-0.15, -0.1) is 0 Å². The van der Waals surface area contributed by atoms with Crippen LogP contribution in [-0.2, 0) is 9.31 Å². The van der Waals surface area contributed by atoms with Gasteiger partial charge in [0.05, 0.1) is 11.2 Å². The number of rotatable bonds is 3. The molecule has 2 rings (SSSR count). The summed E-state index contributed by atoms with van der Waals surface area (Å²) in [7, 11) is -0.439. The number of nitrogen functional groups attached to an aromatic ring is 1. The van der Waals surface area contributed by atoms with Crippen molar-refractivity contribution >= 4 is 19.0 Å². The summed E-state index contributed by atoms with van der Waals surface area (Å²) in [5.41, 5.74) is 14.8. The minimum absolute atomic E-state index is 0.361. The summed E-state index contributed by atoms with van der Waals surface area (Å²) < 4.78 is 12.2. The van der Waals surface area contributed by atoms with Crippen molar-refractivity contribution < 1.29 is 9.31 Å². The number of nitrogens with zero attached hydrogens (tertiary/aromatic N) is 1. The molecule has 1 aliphatic heterocycles. The lowest BCUT2D eigenvalue weighted by atomic mass is 9.76. The molecule has 1 aliphatic rings. The van der Waals surface area contributed by atoms with Gasteiger partial charge in [-0.2, -0.15) is 0 Å². The number of hydrogen-bond acceptors (Lipinski definition) is 5. The van der Waals surface area contributed by atoms with Gasteiger partial charge in [-0.3, -0.25) is 0 Å². The fraction of sp³-hybridized carbons (Fsp3) is 0.562. The second kappa shape index (κ2) is 5.68. The maximum absolute atomic E-state index is 6.08. The van der Waals surface area contributed by atoms with Crippen molar-refractivity contribution in [3.8, 4) is 0 Å². The topological polar surface area (TPSA) is 83.4 Å². The zero-order valence-corrected chi connectivity index (χ0v) is 14.4. The van der Waals surface area contributed by atoms with Gasteiger partial charge in [0, 0.05) is 12.2 Å². The number of aryl methyl sites for hydroxylation is 2. The van der Waals surface area contributed by atoms with E-state index in [9.17, 15) is 0 Å². The Morgan fingerprint density at radius 1 is 1.23 bits per heavy atom. The van der Waals surface area contributed by atoms with Gasteiger partial charge in [-0.05, 0) is 64.2 Å². The zero-order valence-electron chi connectivity index (χ0n) is 14.4. The Labute approximate surface area is 133 Å². The smallest absolute Gasteiger partial charge is 0.400 e. The van der Waals surface area contributed by atoms with E-state index in [1.165, 1.54) is 0 Å². The largest absolute Gasteiger partial charge is 0.491 e. The molecule has 0 amide bonds. The summed E-state index contributed by atoms with van der Waals surface area (Å²) in [4.78, 5) is 4.32. The molecule has 1 aromatic heterocycles. The third kappa shape index (κ3) is 3.04. The van der Waals surface area contributed by atoms with E-state index < -0.39 is 7.12 Å². The molecule has 1 fully saturated rings. The first-order chi connectivity index (χ1) is 10.1. The summed E-state index contributed by atoms with van der Waals surface area (Å²) in [6.07, 6.45) is 2.01. The van der Waals surface area contributed by atoms with Gasteiger partial charge in [0.1, 0.15) is 5.82 Å². The third-order valence-corrected chi connectivity index (χ3v) is 4.60. The van der Waals surface area contributed by atoms with Crippen LogP contribution < -0.4 is 11.5 Å². The molecule has 1 saturated heterocycles. The Hall–Kier alpha value is -1.37. The molecule has 0 aliphatic carbocycles. The normalized spacial score (nSPS) is 20.5. The predicted molar refractivity (Wildman–Crippen MR) is 91.2 cm³/mol. The number of aromatic nitrogens is 1. The Morgan fingerprint density at radius 2 is 1.77 bits per heavy atom. The van der Waals surface area contributed by atoms with E-state index in [1.807, 2.05) is 53.7 Å². The van der Waals surface area contributed by atoms with E-state index in [2.05, 4.69) is 4.98 Å². The predicted octanol–water partition coefficient (Wildman–Crippen LogP) is 2.25. The molecule has 0 spiro atoms. The summed E-state index contributed by atoms with van der Waals surface area (Å²) in [5.74, 6) is 0.525. The van der Waals surface area contributed by atoms with Crippen LogP contribution in [0.4, 0.5) is 5.82 Å². The lowest BCUT2D eigenvalue weighted by molar-refractivity contribution is 0.00578. The van der Waals surface area contributed by atoms with Crippen molar-refractivity contribution in [3.63, 3.8) is 0 Å². The quantitative estimate of drug-likeness (QED) is 0.837. The second-order valence-electron chi connectivity index (χ2n) is 6.87. The molecular weight excluding hydrogens is 277 g/mol. The Morgan fingerprint density at radius 3 is 2.23 bits per heavy atom. The van der Waals surface area contributed by atoms with E-state index in [1.54, 1.807) is 0 Å². The van der Waals surface area contributed by atoms with E-state index in [0.29, 0.717) is 12.4 Å². The number of hydrogen-bond donors (Lipinski definition) is 2. The van der Waals surface area contributed by atoms with Crippen LogP contribution in [0.25, 0.3) is 6.08 Å². The average molecular weight is 303 g/mol. The highest BCUT2D eigenvalue weighted by Gasteiger charge is 2.52. The van der Waals surface area contributed by atoms with E-state index in [-0.39, 0.29) is 11.2 Å². The maximum Gasteiger partial charge on any atom is 0.491 e. The Kier molecular flexibility index (Phi) is 4.39. The van der Waals surface area contributed by atoms with E-state index in [0.717, 1.165) is 22.3 Å². The fourth-order valence-electron chi connectivity index (χ4n) is 2.49. The molecular formula is C16H26BN3O2. The van der Waals surface area contributed by atoms with Crippen LogP contribution in [0.2, 0.25) is 0 Å². The molecule has 0 bridgehead atoms. The molecule has 1 aromatic rings. The summed E-state index contributed by atoms with van der Waals surface area (Å²) in [6.45, 7) is 12.4. The first-order valence-electron chi connectivity index (χ1n) is 7.57. The molecule has 0 saturated carbocycles. The van der Waals surface area contributed by atoms with Gasteiger partial charge in [-0.25, -0.2) is 4.98 Å². The minimum Gasteiger partial charge on any atom is -0.400 e. The van der Waals surface area contributed by atoms with Crippen LogP contribution in [0.15, 0.2) is 11.5 Å². The first kappa shape index (κ1) is 17.0. The number of anilines is 1. The second-order valence-corrected chi connectivity index (χ2v) is 6.87. The third-order valence-electron chi connectivity index (χ3n) is 4.60. The lowest BCUT2D eigenvalue weighted by Gasteiger charge is -2.32. The van der Waals surface area contributed by atoms with Gasteiger partial charge in [0.15, 0.2) is 0 Å². The molecule has 120 valence electrons. The summed E-state index contributed by atoms with van der Waals surface area (Å²) in [6, 6.07) is 1.86.